The quantitative estimate of drug-likeness (QED) is 0.136. The van der Waals surface area contributed by atoms with Crippen LogP contribution in [0.5, 0.6) is 0 Å². The van der Waals surface area contributed by atoms with Crippen LogP contribution in [0, 0.1) is 0 Å². The van der Waals surface area contributed by atoms with E-state index in [0.29, 0.717) is 16.6 Å². The Kier molecular flexibility index (Phi) is 9.48. The molecule has 4 N–H and O–H groups in total. The van der Waals surface area contributed by atoms with Gasteiger partial charge >= 0.3 is 6.18 Å². The van der Waals surface area contributed by atoms with Gasteiger partial charge in [0.2, 0.25) is 5.91 Å². The molecule has 41 heavy (non-hydrogen) atoms. The molecule has 15 heteroatoms. The van der Waals surface area contributed by atoms with Crippen molar-refractivity contribution in [2.75, 3.05) is 11.9 Å². The molecule has 0 saturated carbocycles. The molecule has 4 rings (SSSR count). The first-order valence-corrected chi connectivity index (χ1v) is 14.7. The van der Waals surface area contributed by atoms with Gasteiger partial charge in [-0.3, -0.25) is 15.0 Å². The van der Waals surface area contributed by atoms with Crippen LogP contribution in [0.3, 0.4) is 0 Å². The Morgan fingerprint density at radius 1 is 1.02 bits per heavy atom. The molecule has 0 radical (unpaired) electrons. The molecule has 0 saturated heterocycles. The lowest BCUT2D eigenvalue weighted by Gasteiger charge is -2.11. The van der Waals surface area contributed by atoms with Crippen molar-refractivity contribution in [1.29, 1.82) is 0 Å². The zero-order valence-electron chi connectivity index (χ0n) is 21.1. The highest BCUT2D eigenvalue weighted by Crippen LogP contribution is 2.32. The molecule has 0 atom stereocenters. The highest BCUT2D eigenvalue weighted by Gasteiger charge is 2.31. The van der Waals surface area contributed by atoms with Gasteiger partial charge in [-0.05, 0) is 41.5 Å². The summed E-state index contributed by atoms with van der Waals surface area (Å²) in [6.07, 6.45) is -3.81. The van der Waals surface area contributed by atoms with Crippen molar-refractivity contribution in [3.63, 3.8) is 0 Å². The van der Waals surface area contributed by atoms with E-state index in [1.54, 1.807) is 18.2 Å². The minimum Gasteiger partial charge on any atom is -0.369 e. The van der Waals surface area contributed by atoms with E-state index in [9.17, 15) is 31.2 Å². The maximum atomic E-state index is 12.7. The van der Waals surface area contributed by atoms with Gasteiger partial charge in [0.25, 0.3) is 15.9 Å². The molecule has 0 aliphatic carbocycles. The summed E-state index contributed by atoms with van der Waals surface area (Å²) in [7, 11) is -4.06. The van der Waals surface area contributed by atoms with Crippen molar-refractivity contribution in [1.82, 2.24) is 20.6 Å². The molecule has 216 valence electrons. The number of hydrogen-bond donors (Lipinski definition) is 4. The maximum Gasteiger partial charge on any atom is 0.417 e. The monoisotopic (exact) mass is 625 g/mol. The van der Waals surface area contributed by atoms with E-state index in [2.05, 4.69) is 21.0 Å². The lowest BCUT2D eigenvalue weighted by Crippen LogP contribution is -2.41. The Bertz CT molecular complexity index is 1670. The topological polar surface area (TPSA) is 129 Å². The summed E-state index contributed by atoms with van der Waals surface area (Å²) in [4.78, 5) is 31.1. The van der Waals surface area contributed by atoms with Gasteiger partial charge in [-0.15, -0.1) is 16.2 Å². The first-order chi connectivity index (χ1) is 19.4. The van der Waals surface area contributed by atoms with E-state index >= 15 is 0 Å². The number of rotatable bonds is 11. The van der Waals surface area contributed by atoms with Crippen molar-refractivity contribution in [3.8, 4) is 0 Å². The summed E-state index contributed by atoms with van der Waals surface area (Å²) in [5, 5.41) is 7.03. The molecular formula is C26H23ClF3N5O4S2. The van der Waals surface area contributed by atoms with E-state index in [0.717, 1.165) is 28.2 Å². The summed E-state index contributed by atoms with van der Waals surface area (Å²) in [5.74, 6) is -0.889. The Balaban J connectivity index is 1.22. The highest BCUT2D eigenvalue weighted by atomic mass is 35.5. The van der Waals surface area contributed by atoms with Gasteiger partial charge in [0.15, 0.2) is 0 Å². The minimum atomic E-state index is -4.57. The van der Waals surface area contributed by atoms with Crippen molar-refractivity contribution in [3.05, 3.63) is 87.9 Å². The second kappa shape index (κ2) is 12.9. The van der Waals surface area contributed by atoms with Gasteiger partial charge < -0.3 is 10.6 Å². The number of fused-ring (bicyclic) bond motifs is 1. The largest absolute Gasteiger partial charge is 0.417 e. The first-order valence-electron chi connectivity index (χ1n) is 12.1. The second-order valence-corrected chi connectivity index (χ2v) is 12.2. The molecule has 9 nitrogen and oxygen atoms in total. The van der Waals surface area contributed by atoms with Gasteiger partial charge in [0, 0.05) is 29.6 Å². The Hall–Kier alpha value is -3.72. The molecule has 0 unspecified atom stereocenters. The Morgan fingerprint density at radius 2 is 1.78 bits per heavy atom. The fourth-order valence-electron chi connectivity index (χ4n) is 3.70. The molecule has 0 bridgehead atoms. The van der Waals surface area contributed by atoms with E-state index in [1.165, 1.54) is 6.07 Å². The van der Waals surface area contributed by atoms with Gasteiger partial charge in [-0.2, -0.15) is 13.2 Å². The van der Waals surface area contributed by atoms with E-state index in [-0.39, 0.29) is 46.9 Å². The standard InChI is InChI=1S/C26H23ClF3N5O4S2/c27-21-13-17(26(28,29)30)14-32-24(21)31-12-4-9-22(36)34-35-41(38,39)23-11-10-18(40-23)15-33-25(37)20-8-3-6-16-5-1-2-7-19(16)20/h1-3,5-8,10-11,13-14,35H,4,9,12,15H2,(H,31,32)(H,33,37)(H,34,36). The number of anilines is 1. The Morgan fingerprint density at radius 3 is 2.54 bits per heavy atom. The van der Waals surface area contributed by atoms with Crippen LogP contribution in [0.1, 0.15) is 33.6 Å². The number of sulfonamides is 1. The molecule has 4 aromatic rings. The van der Waals surface area contributed by atoms with E-state index in [4.69, 9.17) is 11.6 Å². The predicted molar refractivity (Wildman–Crippen MR) is 150 cm³/mol. The molecule has 0 aliphatic heterocycles. The number of aromatic nitrogens is 1. The molecule has 2 heterocycles. The molecule has 0 aliphatic rings. The first kappa shape index (κ1) is 30.2. The summed E-state index contributed by atoms with van der Waals surface area (Å²) in [5.41, 5.74) is 1.64. The molecule has 0 fully saturated rings. The summed E-state index contributed by atoms with van der Waals surface area (Å²) >= 11 is 6.76. The maximum absolute atomic E-state index is 12.7. The van der Waals surface area contributed by atoms with Gasteiger partial charge in [-0.1, -0.05) is 48.0 Å². The predicted octanol–water partition coefficient (Wildman–Crippen LogP) is 5.10. The normalized spacial score (nSPS) is 11.8. The van der Waals surface area contributed by atoms with Crippen LogP contribution in [-0.2, 0) is 27.5 Å². The number of alkyl halides is 3. The van der Waals surface area contributed by atoms with Gasteiger partial charge in [-0.25, -0.2) is 13.4 Å². The number of amides is 2. The number of halogens is 4. The van der Waals surface area contributed by atoms with Crippen molar-refractivity contribution < 1.29 is 31.2 Å². The molecule has 2 amide bonds. The number of thiophene rings is 1. The number of hydrogen-bond acceptors (Lipinski definition) is 7. The van der Waals surface area contributed by atoms with Gasteiger partial charge in [0.05, 0.1) is 17.1 Å². The van der Waals surface area contributed by atoms with Crippen LogP contribution in [-0.4, -0.2) is 31.8 Å². The highest BCUT2D eigenvalue weighted by molar-refractivity contribution is 7.91. The van der Waals surface area contributed by atoms with Crippen LogP contribution < -0.4 is 20.9 Å². The minimum absolute atomic E-state index is 0.0302. The van der Waals surface area contributed by atoms with Crippen molar-refractivity contribution >= 4 is 61.4 Å². The third-order valence-electron chi connectivity index (χ3n) is 5.73. The average molecular weight is 626 g/mol. The zero-order chi connectivity index (χ0) is 29.6. The lowest BCUT2D eigenvalue weighted by molar-refractivity contribution is -0.137. The smallest absolute Gasteiger partial charge is 0.369 e. The number of carbonyl (C=O) groups is 2. The van der Waals surface area contributed by atoms with Crippen LogP contribution in [0.15, 0.2) is 71.1 Å². The van der Waals surface area contributed by atoms with Crippen LogP contribution >= 0.6 is 22.9 Å². The van der Waals surface area contributed by atoms with Crippen LogP contribution in [0.4, 0.5) is 19.0 Å². The molecule has 2 aromatic carbocycles. The SMILES string of the molecule is O=C(CCCNc1ncc(C(F)(F)F)cc1Cl)NNS(=O)(=O)c1ccc(CNC(=O)c2cccc3ccccc23)s1. The number of carbonyl (C=O) groups excluding carboxylic acids is 2. The average Bonchev–Trinajstić information content (AvgIpc) is 3.43. The van der Waals surface area contributed by atoms with Gasteiger partial charge in [0.1, 0.15) is 10.0 Å². The summed E-state index contributed by atoms with van der Waals surface area (Å²) in [6.45, 7) is 0.260. The number of pyridine rings is 1. The van der Waals surface area contributed by atoms with E-state index < -0.39 is 27.7 Å². The van der Waals surface area contributed by atoms with Crippen molar-refractivity contribution in [2.45, 2.75) is 29.8 Å². The second-order valence-electron chi connectivity index (χ2n) is 8.67. The number of benzene rings is 2. The summed E-state index contributed by atoms with van der Waals surface area (Å²) in [6, 6.07) is 16.6. The molecular weight excluding hydrogens is 603 g/mol. The number of hydrazine groups is 1. The zero-order valence-corrected chi connectivity index (χ0v) is 23.5. The number of nitrogens with zero attached hydrogens (tertiary/aromatic N) is 1. The lowest BCUT2D eigenvalue weighted by atomic mass is 10.0. The van der Waals surface area contributed by atoms with Crippen LogP contribution in [0.25, 0.3) is 10.8 Å². The summed E-state index contributed by atoms with van der Waals surface area (Å²) < 4.78 is 63.2. The third-order valence-corrected chi connectivity index (χ3v) is 8.84. The third kappa shape index (κ3) is 7.94. The Labute approximate surface area is 242 Å². The van der Waals surface area contributed by atoms with Crippen molar-refractivity contribution in [2.24, 2.45) is 0 Å². The number of nitrogens with one attached hydrogen (secondary N) is 4. The van der Waals surface area contributed by atoms with E-state index in [1.807, 2.05) is 35.2 Å². The fraction of sp³-hybridized carbons (Fsp3) is 0.192. The molecule has 2 aromatic heterocycles. The fourth-order valence-corrected chi connectivity index (χ4v) is 6.09. The van der Waals surface area contributed by atoms with Crippen LogP contribution in [0.2, 0.25) is 5.02 Å². The molecule has 0 spiro atoms.